The van der Waals surface area contributed by atoms with Crippen LogP contribution in [0.4, 0.5) is 0 Å². The number of carbonyl (C=O) groups is 2. The largest absolute Gasteiger partial charge is 0.481 e. The van der Waals surface area contributed by atoms with Crippen LogP contribution in [0.2, 0.25) is 0 Å². The first-order valence-corrected chi connectivity index (χ1v) is 14.1. The maximum atomic E-state index is 13.8. The molecule has 36 heavy (non-hydrogen) atoms. The molecule has 0 aromatic rings. The SMILES string of the molecule is CO[C@@H]1C[C@]23COCC(C2CCC2C3=CC(=O)C3C2CCC(CC(C)C)C3C(=O)O)[C@H]1OCC(C)N. The van der Waals surface area contributed by atoms with Gasteiger partial charge in [0.15, 0.2) is 5.78 Å². The number of carboxylic acids is 1. The molecule has 0 radical (unpaired) electrons. The molecule has 2 bridgehead atoms. The van der Waals surface area contributed by atoms with Crippen LogP contribution in [0.3, 0.4) is 0 Å². The summed E-state index contributed by atoms with van der Waals surface area (Å²) in [6, 6.07) is -0.0435. The summed E-state index contributed by atoms with van der Waals surface area (Å²) in [6.45, 7) is 7.98. The van der Waals surface area contributed by atoms with Gasteiger partial charge in [-0.2, -0.15) is 0 Å². The minimum atomic E-state index is -0.792. The van der Waals surface area contributed by atoms with E-state index in [0.29, 0.717) is 31.7 Å². The van der Waals surface area contributed by atoms with Gasteiger partial charge in [0.25, 0.3) is 0 Å². The maximum Gasteiger partial charge on any atom is 0.307 e. The normalized spacial score (nSPS) is 44.8. The Balaban J connectivity index is 1.49. The first-order chi connectivity index (χ1) is 17.2. The molecule has 4 fully saturated rings. The zero-order chi connectivity index (χ0) is 25.8. The quantitative estimate of drug-likeness (QED) is 0.545. The maximum absolute atomic E-state index is 13.8. The van der Waals surface area contributed by atoms with Crippen molar-refractivity contribution in [2.75, 3.05) is 26.9 Å². The lowest BCUT2D eigenvalue weighted by atomic mass is 9.45. The number of carboxylic acid groups (broad SMARTS) is 1. The van der Waals surface area contributed by atoms with Crippen LogP contribution >= 0.6 is 0 Å². The molecular weight excluding hydrogens is 458 g/mol. The molecule has 7 nitrogen and oxygen atoms in total. The Labute approximate surface area is 215 Å². The summed E-state index contributed by atoms with van der Waals surface area (Å²) in [5.74, 6) is -0.257. The second-order valence-electron chi connectivity index (χ2n) is 12.9. The van der Waals surface area contributed by atoms with Crippen molar-refractivity contribution in [3.8, 4) is 0 Å². The second-order valence-corrected chi connectivity index (χ2v) is 12.9. The summed E-state index contributed by atoms with van der Waals surface area (Å²) in [4.78, 5) is 26.3. The summed E-state index contributed by atoms with van der Waals surface area (Å²) in [6.07, 6.45) is 7.31. The van der Waals surface area contributed by atoms with E-state index in [4.69, 9.17) is 19.9 Å². The fraction of sp³-hybridized carbons (Fsp3) is 0.862. The minimum absolute atomic E-state index is 0.0357. The number of nitrogens with two attached hydrogens (primary N) is 1. The number of methoxy groups -OCH3 is 1. The van der Waals surface area contributed by atoms with Gasteiger partial charge in [0, 0.05) is 30.4 Å². The van der Waals surface area contributed by atoms with Crippen molar-refractivity contribution in [2.45, 2.75) is 77.5 Å². The number of ketones is 1. The zero-order valence-electron chi connectivity index (χ0n) is 22.4. The van der Waals surface area contributed by atoms with E-state index in [0.717, 1.165) is 38.5 Å². The third-order valence-electron chi connectivity index (χ3n) is 10.3. The molecule has 5 aliphatic rings. The van der Waals surface area contributed by atoms with Crippen LogP contribution in [0.5, 0.6) is 0 Å². The molecule has 3 N–H and O–H groups in total. The average molecular weight is 504 g/mol. The van der Waals surface area contributed by atoms with Crippen LogP contribution in [0.25, 0.3) is 0 Å². The van der Waals surface area contributed by atoms with Crippen LogP contribution in [0.1, 0.15) is 59.3 Å². The van der Waals surface area contributed by atoms with Gasteiger partial charge in [0.1, 0.15) is 0 Å². The number of hydrogen-bond donors (Lipinski definition) is 2. The van der Waals surface area contributed by atoms with Crippen molar-refractivity contribution in [3.05, 3.63) is 11.6 Å². The van der Waals surface area contributed by atoms with E-state index in [1.807, 2.05) is 13.0 Å². The number of ether oxygens (including phenoxy) is 3. The second kappa shape index (κ2) is 10.1. The highest BCUT2D eigenvalue weighted by Gasteiger charge is 2.63. The van der Waals surface area contributed by atoms with Gasteiger partial charge in [-0.15, -0.1) is 0 Å². The molecule has 0 aromatic heterocycles. The van der Waals surface area contributed by atoms with E-state index in [9.17, 15) is 14.7 Å². The Morgan fingerprint density at radius 2 is 2.00 bits per heavy atom. The van der Waals surface area contributed by atoms with Crippen molar-refractivity contribution < 1.29 is 28.9 Å². The zero-order valence-corrected chi connectivity index (χ0v) is 22.4. The molecule has 4 aliphatic carbocycles. The van der Waals surface area contributed by atoms with Crippen molar-refractivity contribution >= 4 is 11.8 Å². The summed E-state index contributed by atoms with van der Waals surface area (Å²) in [7, 11) is 1.75. The van der Waals surface area contributed by atoms with Gasteiger partial charge < -0.3 is 25.1 Å². The molecule has 11 atom stereocenters. The van der Waals surface area contributed by atoms with Crippen molar-refractivity contribution in [3.63, 3.8) is 0 Å². The molecule has 0 amide bonds. The topological polar surface area (TPSA) is 108 Å². The molecule has 0 aromatic carbocycles. The smallest absolute Gasteiger partial charge is 0.307 e. The van der Waals surface area contributed by atoms with E-state index in [1.165, 1.54) is 5.57 Å². The van der Waals surface area contributed by atoms with Crippen LogP contribution < -0.4 is 5.73 Å². The lowest BCUT2D eigenvalue weighted by Gasteiger charge is -2.63. The molecule has 202 valence electrons. The van der Waals surface area contributed by atoms with Gasteiger partial charge in [0.2, 0.25) is 0 Å². The number of carbonyl (C=O) groups excluding carboxylic acids is 1. The van der Waals surface area contributed by atoms with Crippen molar-refractivity contribution in [1.29, 1.82) is 0 Å². The van der Waals surface area contributed by atoms with Crippen LogP contribution in [-0.2, 0) is 23.8 Å². The predicted octanol–water partition coefficient (Wildman–Crippen LogP) is 3.69. The molecule has 1 heterocycles. The monoisotopic (exact) mass is 503 g/mol. The Hall–Kier alpha value is -1.28. The molecule has 1 aliphatic heterocycles. The summed E-state index contributed by atoms with van der Waals surface area (Å²) < 4.78 is 18.6. The third kappa shape index (κ3) is 4.28. The van der Waals surface area contributed by atoms with Crippen LogP contribution in [0, 0.1) is 52.8 Å². The summed E-state index contributed by atoms with van der Waals surface area (Å²) in [5.41, 5.74) is 7.01. The highest BCUT2D eigenvalue weighted by molar-refractivity contribution is 5.97. The highest BCUT2D eigenvalue weighted by atomic mass is 16.5. The van der Waals surface area contributed by atoms with E-state index < -0.39 is 17.8 Å². The van der Waals surface area contributed by atoms with Crippen molar-refractivity contribution in [2.24, 2.45) is 58.5 Å². The standard InChI is InChI=1S/C29H45NO6/c1-15(2)9-17-5-6-19-18-7-8-21-20-13-35-14-29(21,11-24(34-4)27(20)36-12-16(3)30)22(18)10-23(31)26(19)25(17)28(32)33/h10,15-21,24-27H,5-9,11-14,30H2,1-4H3,(H,32,33)/t16?,17?,18?,19?,20?,21?,24-,25?,26?,27-,29+/m1/s1. The van der Waals surface area contributed by atoms with Gasteiger partial charge in [-0.1, -0.05) is 19.4 Å². The number of hydrogen-bond acceptors (Lipinski definition) is 6. The fourth-order valence-corrected chi connectivity index (χ4v) is 9.13. The number of fused-ring (bicyclic) bond motifs is 3. The molecule has 0 spiro atoms. The third-order valence-corrected chi connectivity index (χ3v) is 10.3. The summed E-state index contributed by atoms with van der Waals surface area (Å²) in [5, 5.41) is 10.3. The van der Waals surface area contributed by atoms with E-state index in [-0.39, 0.29) is 53.1 Å². The van der Waals surface area contributed by atoms with E-state index in [2.05, 4.69) is 13.8 Å². The molecule has 1 saturated heterocycles. The summed E-state index contributed by atoms with van der Waals surface area (Å²) >= 11 is 0. The Kier molecular flexibility index (Phi) is 7.40. The average Bonchev–Trinajstić information content (AvgIpc) is 2.82. The minimum Gasteiger partial charge on any atom is -0.481 e. The Morgan fingerprint density at radius 3 is 2.67 bits per heavy atom. The first-order valence-electron chi connectivity index (χ1n) is 14.1. The van der Waals surface area contributed by atoms with Gasteiger partial charge in [0.05, 0.1) is 37.9 Å². The van der Waals surface area contributed by atoms with Crippen LogP contribution in [-0.4, -0.2) is 62.0 Å². The predicted molar refractivity (Wildman–Crippen MR) is 135 cm³/mol. The van der Waals surface area contributed by atoms with Gasteiger partial charge in [-0.05, 0) is 81.1 Å². The lowest BCUT2D eigenvalue weighted by molar-refractivity contribution is -0.221. The Bertz CT molecular complexity index is 885. The fourth-order valence-electron chi connectivity index (χ4n) is 9.13. The van der Waals surface area contributed by atoms with Crippen LogP contribution in [0.15, 0.2) is 11.6 Å². The highest BCUT2D eigenvalue weighted by Crippen LogP contribution is 2.64. The van der Waals surface area contributed by atoms with Gasteiger partial charge in [-0.3, -0.25) is 9.59 Å². The van der Waals surface area contributed by atoms with E-state index in [1.54, 1.807) is 7.11 Å². The number of allylic oxidation sites excluding steroid dienone is 1. The lowest BCUT2D eigenvalue weighted by Crippen LogP contribution is -2.64. The van der Waals surface area contributed by atoms with Gasteiger partial charge >= 0.3 is 5.97 Å². The molecule has 3 saturated carbocycles. The molecule has 7 heteroatoms. The Morgan fingerprint density at radius 1 is 1.22 bits per heavy atom. The van der Waals surface area contributed by atoms with Crippen molar-refractivity contribution in [1.82, 2.24) is 0 Å². The molecule has 8 unspecified atom stereocenters. The van der Waals surface area contributed by atoms with Gasteiger partial charge in [-0.25, -0.2) is 0 Å². The first kappa shape index (κ1) is 26.3. The van der Waals surface area contributed by atoms with E-state index >= 15 is 0 Å². The number of rotatable bonds is 7. The molecular formula is C29H45NO6. The molecule has 5 rings (SSSR count). The number of aliphatic carboxylic acids is 1.